The first-order valence-corrected chi connectivity index (χ1v) is 4.16. The summed E-state index contributed by atoms with van der Waals surface area (Å²) in [7, 11) is 0. The van der Waals surface area contributed by atoms with E-state index >= 15 is 0 Å². The molecule has 1 N–H and O–H groups in total. The molecule has 0 fully saturated rings. The van der Waals surface area contributed by atoms with E-state index < -0.39 is 12.3 Å². The van der Waals surface area contributed by atoms with E-state index in [9.17, 15) is 9.50 Å². The van der Waals surface area contributed by atoms with Gasteiger partial charge in [-0.15, -0.1) is 0 Å². The van der Waals surface area contributed by atoms with Crippen molar-refractivity contribution in [3.63, 3.8) is 0 Å². The minimum Gasteiger partial charge on any atom is -0.390 e. The van der Waals surface area contributed by atoms with Gasteiger partial charge in [-0.05, 0) is 11.1 Å². The van der Waals surface area contributed by atoms with Gasteiger partial charge in [-0.2, -0.15) is 0 Å². The molecule has 0 heterocycles. The summed E-state index contributed by atoms with van der Waals surface area (Å²) < 4.78 is 13.0. The Labute approximate surface area is 70.8 Å². The number of halogens is 1. The Bertz CT molecular complexity index is 256. The molecule has 1 aliphatic carbocycles. The molecule has 1 aromatic carbocycles. The zero-order valence-corrected chi connectivity index (χ0v) is 6.70. The molecule has 0 aromatic heterocycles. The van der Waals surface area contributed by atoms with E-state index in [4.69, 9.17) is 0 Å². The number of aliphatic hydroxyl groups excluding tert-OH is 1. The van der Waals surface area contributed by atoms with Gasteiger partial charge in [0.05, 0.1) is 6.10 Å². The first-order chi connectivity index (χ1) is 5.77. The number of rotatable bonds is 0. The standard InChI is InChI=1S/C10H11FO/c11-9-5-7-3-1-2-4-8(7)6-10(9)12/h1-4,9-10,12H,5-6H2/t9-,10-/m1/s1. The summed E-state index contributed by atoms with van der Waals surface area (Å²) in [6.45, 7) is 0. The van der Waals surface area contributed by atoms with E-state index in [-0.39, 0.29) is 0 Å². The number of benzene rings is 1. The largest absolute Gasteiger partial charge is 0.390 e. The van der Waals surface area contributed by atoms with Crippen LogP contribution < -0.4 is 0 Å². The summed E-state index contributed by atoms with van der Waals surface area (Å²) in [5.41, 5.74) is 2.12. The Morgan fingerprint density at radius 3 is 2.42 bits per heavy atom. The van der Waals surface area contributed by atoms with Crippen molar-refractivity contribution < 1.29 is 9.50 Å². The van der Waals surface area contributed by atoms with Gasteiger partial charge in [0.1, 0.15) is 6.17 Å². The van der Waals surface area contributed by atoms with E-state index in [1.165, 1.54) is 0 Å². The summed E-state index contributed by atoms with van der Waals surface area (Å²) in [6.07, 6.45) is -1.07. The summed E-state index contributed by atoms with van der Waals surface area (Å²) in [5.74, 6) is 0. The van der Waals surface area contributed by atoms with E-state index in [0.717, 1.165) is 11.1 Å². The normalized spacial score (nSPS) is 28.2. The Hall–Kier alpha value is -0.890. The fourth-order valence-corrected chi connectivity index (χ4v) is 1.66. The molecule has 1 aliphatic rings. The number of aliphatic hydroxyl groups is 1. The molecular formula is C10H11FO. The summed E-state index contributed by atoms with van der Waals surface area (Å²) in [4.78, 5) is 0. The second-order valence-corrected chi connectivity index (χ2v) is 3.26. The van der Waals surface area contributed by atoms with Gasteiger partial charge in [-0.1, -0.05) is 24.3 Å². The average molecular weight is 166 g/mol. The van der Waals surface area contributed by atoms with Crippen LogP contribution in [0.25, 0.3) is 0 Å². The number of alkyl halides is 1. The predicted molar refractivity (Wildman–Crippen MR) is 44.8 cm³/mol. The van der Waals surface area contributed by atoms with Crippen molar-refractivity contribution in [2.45, 2.75) is 25.1 Å². The second-order valence-electron chi connectivity index (χ2n) is 3.26. The van der Waals surface area contributed by atoms with Gasteiger partial charge in [0, 0.05) is 12.8 Å². The molecule has 1 nitrogen and oxygen atoms in total. The molecule has 0 radical (unpaired) electrons. The fraction of sp³-hybridized carbons (Fsp3) is 0.400. The summed E-state index contributed by atoms with van der Waals surface area (Å²) in [6, 6.07) is 7.70. The van der Waals surface area contributed by atoms with Gasteiger partial charge in [0.15, 0.2) is 0 Å². The van der Waals surface area contributed by atoms with Crippen LogP contribution in [0, 0.1) is 0 Å². The highest BCUT2D eigenvalue weighted by Crippen LogP contribution is 2.22. The molecule has 1 aromatic rings. The molecule has 12 heavy (non-hydrogen) atoms. The lowest BCUT2D eigenvalue weighted by Gasteiger charge is -2.23. The SMILES string of the molecule is O[C@@H]1Cc2ccccc2C[C@H]1F. The molecule has 0 bridgehead atoms. The molecule has 2 atom stereocenters. The quantitative estimate of drug-likeness (QED) is 0.619. The van der Waals surface area contributed by atoms with Crippen molar-refractivity contribution in [3.8, 4) is 0 Å². The van der Waals surface area contributed by atoms with E-state index in [1.54, 1.807) is 0 Å². The third-order valence-corrected chi connectivity index (χ3v) is 2.38. The van der Waals surface area contributed by atoms with E-state index in [0.29, 0.717) is 12.8 Å². The highest BCUT2D eigenvalue weighted by Gasteiger charge is 2.25. The van der Waals surface area contributed by atoms with E-state index in [1.807, 2.05) is 24.3 Å². The van der Waals surface area contributed by atoms with Crippen LogP contribution in [0.5, 0.6) is 0 Å². The Balaban J connectivity index is 2.34. The highest BCUT2D eigenvalue weighted by atomic mass is 19.1. The van der Waals surface area contributed by atoms with Crippen molar-refractivity contribution in [2.75, 3.05) is 0 Å². The molecule has 0 spiro atoms. The lowest BCUT2D eigenvalue weighted by molar-refractivity contribution is 0.0709. The minimum absolute atomic E-state index is 0.358. The van der Waals surface area contributed by atoms with Gasteiger partial charge in [-0.3, -0.25) is 0 Å². The monoisotopic (exact) mass is 166 g/mol. The second kappa shape index (κ2) is 2.87. The van der Waals surface area contributed by atoms with Crippen molar-refractivity contribution in [2.24, 2.45) is 0 Å². The lowest BCUT2D eigenvalue weighted by Crippen LogP contribution is -2.31. The van der Waals surface area contributed by atoms with Crippen molar-refractivity contribution in [3.05, 3.63) is 35.4 Å². The third-order valence-electron chi connectivity index (χ3n) is 2.38. The van der Waals surface area contributed by atoms with Crippen molar-refractivity contribution >= 4 is 0 Å². The maximum absolute atomic E-state index is 13.0. The number of fused-ring (bicyclic) bond motifs is 1. The van der Waals surface area contributed by atoms with Crippen LogP contribution in [-0.4, -0.2) is 17.4 Å². The van der Waals surface area contributed by atoms with Gasteiger partial charge >= 0.3 is 0 Å². The summed E-state index contributed by atoms with van der Waals surface area (Å²) >= 11 is 0. The van der Waals surface area contributed by atoms with Gasteiger partial charge in [-0.25, -0.2) is 4.39 Å². The molecule has 64 valence electrons. The van der Waals surface area contributed by atoms with Crippen LogP contribution >= 0.6 is 0 Å². The molecule has 2 heteroatoms. The molecule has 0 aliphatic heterocycles. The van der Waals surface area contributed by atoms with Crippen LogP contribution in [0.2, 0.25) is 0 Å². The topological polar surface area (TPSA) is 20.2 Å². The minimum atomic E-state index is -1.08. The Morgan fingerprint density at radius 1 is 1.17 bits per heavy atom. The molecule has 0 saturated heterocycles. The zero-order chi connectivity index (χ0) is 8.55. The van der Waals surface area contributed by atoms with Gasteiger partial charge in [0.25, 0.3) is 0 Å². The van der Waals surface area contributed by atoms with Crippen LogP contribution in [-0.2, 0) is 12.8 Å². The molecule has 2 rings (SSSR count). The highest BCUT2D eigenvalue weighted by molar-refractivity contribution is 5.31. The van der Waals surface area contributed by atoms with Crippen molar-refractivity contribution in [1.82, 2.24) is 0 Å². The predicted octanol–water partition coefficient (Wildman–Crippen LogP) is 1.48. The Morgan fingerprint density at radius 2 is 1.75 bits per heavy atom. The van der Waals surface area contributed by atoms with Gasteiger partial charge < -0.3 is 5.11 Å². The third kappa shape index (κ3) is 1.23. The number of hydrogen-bond acceptors (Lipinski definition) is 1. The fourth-order valence-electron chi connectivity index (χ4n) is 1.66. The van der Waals surface area contributed by atoms with Crippen LogP contribution in [0.3, 0.4) is 0 Å². The first kappa shape index (κ1) is 7.74. The molecular weight excluding hydrogens is 155 g/mol. The maximum atomic E-state index is 13.0. The Kier molecular flexibility index (Phi) is 1.85. The maximum Gasteiger partial charge on any atom is 0.130 e. The van der Waals surface area contributed by atoms with Crippen LogP contribution in [0.15, 0.2) is 24.3 Å². The zero-order valence-electron chi connectivity index (χ0n) is 6.70. The van der Waals surface area contributed by atoms with Crippen molar-refractivity contribution in [1.29, 1.82) is 0 Å². The summed E-state index contributed by atoms with van der Waals surface area (Å²) in [5, 5.41) is 9.25. The average Bonchev–Trinajstić information content (AvgIpc) is 2.07. The first-order valence-electron chi connectivity index (χ1n) is 4.16. The number of hydrogen-bond donors (Lipinski definition) is 1. The molecule has 0 unspecified atom stereocenters. The lowest BCUT2D eigenvalue weighted by atomic mass is 9.89. The van der Waals surface area contributed by atoms with E-state index in [2.05, 4.69) is 0 Å². The molecule has 0 amide bonds. The van der Waals surface area contributed by atoms with Gasteiger partial charge in [0.2, 0.25) is 0 Å². The smallest absolute Gasteiger partial charge is 0.130 e. The van der Waals surface area contributed by atoms with Crippen LogP contribution in [0.1, 0.15) is 11.1 Å². The van der Waals surface area contributed by atoms with Crippen LogP contribution in [0.4, 0.5) is 4.39 Å². The molecule has 0 saturated carbocycles.